The van der Waals surface area contributed by atoms with E-state index in [1.165, 1.54) is 5.56 Å². The minimum Gasteiger partial charge on any atom is -0.330 e. The van der Waals surface area contributed by atoms with E-state index in [4.69, 9.17) is 5.73 Å². The molecule has 0 spiro atoms. The van der Waals surface area contributed by atoms with Crippen molar-refractivity contribution in [1.82, 2.24) is 0 Å². The zero-order valence-electron chi connectivity index (χ0n) is 8.76. The first-order valence-corrected chi connectivity index (χ1v) is 5.28. The molecule has 0 radical (unpaired) electrons. The highest BCUT2D eigenvalue weighted by Crippen LogP contribution is 2.11. The van der Waals surface area contributed by atoms with E-state index in [0.717, 1.165) is 18.4 Å². The Kier molecular flexibility index (Phi) is 5.26. The average molecular weight is 213 g/mol. The van der Waals surface area contributed by atoms with Crippen LogP contribution in [0.5, 0.6) is 0 Å². The summed E-state index contributed by atoms with van der Waals surface area (Å²) in [5, 5.41) is 0. The van der Waals surface area contributed by atoms with E-state index < -0.39 is 6.43 Å². The van der Waals surface area contributed by atoms with Crippen molar-refractivity contribution >= 4 is 0 Å². The number of alkyl halides is 2. The molecule has 0 aliphatic carbocycles. The Morgan fingerprint density at radius 1 is 1.00 bits per heavy atom. The molecule has 0 saturated carbocycles. The second-order valence-corrected chi connectivity index (χ2v) is 3.64. The fourth-order valence-corrected chi connectivity index (χ4v) is 1.45. The third kappa shape index (κ3) is 4.88. The normalized spacial score (nSPS) is 10.9. The first-order valence-electron chi connectivity index (χ1n) is 5.28. The second kappa shape index (κ2) is 6.51. The molecule has 15 heavy (non-hydrogen) atoms. The van der Waals surface area contributed by atoms with Crippen molar-refractivity contribution in [3.63, 3.8) is 0 Å². The highest BCUT2D eigenvalue weighted by Gasteiger charge is 2.02. The average Bonchev–Trinajstić information content (AvgIpc) is 2.25. The van der Waals surface area contributed by atoms with Gasteiger partial charge in [-0.2, -0.15) is 0 Å². The SMILES string of the molecule is NCCCc1ccc(CCC(F)F)cc1. The van der Waals surface area contributed by atoms with E-state index in [9.17, 15) is 8.78 Å². The highest BCUT2D eigenvalue weighted by molar-refractivity contribution is 5.22. The summed E-state index contributed by atoms with van der Waals surface area (Å²) in [6, 6.07) is 7.84. The molecule has 0 atom stereocenters. The number of rotatable bonds is 6. The van der Waals surface area contributed by atoms with Crippen LogP contribution in [-0.4, -0.2) is 13.0 Å². The first-order chi connectivity index (χ1) is 7.22. The number of aryl methyl sites for hydroxylation is 2. The lowest BCUT2D eigenvalue weighted by atomic mass is 10.0. The Labute approximate surface area is 89.3 Å². The van der Waals surface area contributed by atoms with Crippen molar-refractivity contribution in [3.8, 4) is 0 Å². The van der Waals surface area contributed by atoms with Gasteiger partial charge >= 0.3 is 0 Å². The Balaban J connectivity index is 2.41. The number of hydrogen-bond donors (Lipinski definition) is 1. The van der Waals surface area contributed by atoms with E-state index in [1.807, 2.05) is 24.3 Å². The molecule has 1 rings (SSSR count). The maximum absolute atomic E-state index is 12.0. The van der Waals surface area contributed by atoms with E-state index in [0.29, 0.717) is 13.0 Å². The number of benzene rings is 1. The molecule has 0 fully saturated rings. The molecule has 2 N–H and O–H groups in total. The van der Waals surface area contributed by atoms with Gasteiger partial charge < -0.3 is 5.73 Å². The summed E-state index contributed by atoms with van der Waals surface area (Å²) in [4.78, 5) is 0. The molecular formula is C12H17F2N. The van der Waals surface area contributed by atoms with E-state index in [1.54, 1.807) is 0 Å². The number of nitrogens with two attached hydrogens (primary N) is 1. The van der Waals surface area contributed by atoms with Gasteiger partial charge in [-0.3, -0.25) is 0 Å². The molecule has 1 aromatic rings. The fourth-order valence-electron chi connectivity index (χ4n) is 1.45. The largest absolute Gasteiger partial charge is 0.330 e. The van der Waals surface area contributed by atoms with Crippen LogP contribution in [0.3, 0.4) is 0 Å². The van der Waals surface area contributed by atoms with Crippen LogP contribution in [0.15, 0.2) is 24.3 Å². The minimum absolute atomic E-state index is 0.0534. The van der Waals surface area contributed by atoms with E-state index >= 15 is 0 Å². The lowest BCUT2D eigenvalue weighted by Gasteiger charge is -2.03. The standard InChI is InChI=1S/C12H17F2N/c13-12(14)8-7-11-5-3-10(4-6-11)2-1-9-15/h3-6,12H,1-2,7-9,15H2. The maximum atomic E-state index is 12.0. The van der Waals surface area contributed by atoms with Crippen molar-refractivity contribution < 1.29 is 8.78 Å². The van der Waals surface area contributed by atoms with Crippen molar-refractivity contribution in [1.29, 1.82) is 0 Å². The van der Waals surface area contributed by atoms with E-state index in [-0.39, 0.29) is 6.42 Å². The van der Waals surface area contributed by atoms with Crippen molar-refractivity contribution in [2.24, 2.45) is 5.73 Å². The zero-order chi connectivity index (χ0) is 11.1. The molecule has 0 amide bonds. The molecule has 0 aliphatic rings. The van der Waals surface area contributed by atoms with Crippen molar-refractivity contribution in [2.45, 2.75) is 32.1 Å². The summed E-state index contributed by atoms with van der Waals surface area (Å²) in [5.41, 5.74) is 7.61. The molecule has 0 heterocycles. The minimum atomic E-state index is -2.21. The fraction of sp³-hybridized carbons (Fsp3) is 0.500. The summed E-state index contributed by atoms with van der Waals surface area (Å²) in [6.45, 7) is 0.688. The third-order valence-corrected chi connectivity index (χ3v) is 2.34. The molecule has 0 aliphatic heterocycles. The van der Waals surface area contributed by atoms with Crippen LogP contribution in [0.1, 0.15) is 24.0 Å². The smallest absolute Gasteiger partial charge is 0.239 e. The number of halogens is 2. The van der Waals surface area contributed by atoms with Crippen LogP contribution in [0, 0.1) is 0 Å². The predicted octanol–water partition coefficient (Wildman–Crippen LogP) is 2.78. The van der Waals surface area contributed by atoms with Crippen LogP contribution in [0.25, 0.3) is 0 Å². The van der Waals surface area contributed by atoms with Gasteiger partial charge in [-0.1, -0.05) is 24.3 Å². The van der Waals surface area contributed by atoms with Gasteiger partial charge in [-0.25, -0.2) is 8.78 Å². The molecular weight excluding hydrogens is 196 g/mol. The van der Waals surface area contributed by atoms with Crippen LogP contribution >= 0.6 is 0 Å². The quantitative estimate of drug-likeness (QED) is 0.772. The molecule has 1 aromatic carbocycles. The zero-order valence-corrected chi connectivity index (χ0v) is 8.76. The van der Waals surface area contributed by atoms with Crippen LogP contribution in [-0.2, 0) is 12.8 Å². The van der Waals surface area contributed by atoms with Gasteiger partial charge in [0.25, 0.3) is 0 Å². The summed E-state index contributed by atoms with van der Waals surface area (Å²) in [6.07, 6.45) is 0.126. The third-order valence-electron chi connectivity index (χ3n) is 2.34. The number of hydrogen-bond acceptors (Lipinski definition) is 1. The summed E-state index contributed by atoms with van der Waals surface area (Å²) >= 11 is 0. The Morgan fingerprint density at radius 2 is 1.53 bits per heavy atom. The highest BCUT2D eigenvalue weighted by atomic mass is 19.3. The van der Waals surface area contributed by atoms with Crippen molar-refractivity contribution in [3.05, 3.63) is 35.4 Å². The Bertz CT molecular complexity index is 269. The monoisotopic (exact) mass is 213 g/mol. The van der Waals surface area contributed by atoms with Crippen LogP contribution in [0.4, 0.5) is 8.78 Å². The Morgan fingerprint density at radius 3 is 2.00 bits per heavy atom. The summed E-state index contributed by atoms with van der Waals surface area (Å²) in [5.74, 6) is 0. The summed E-state index contributed by atoms with van der Waals surface area (Å²) in [7, 11) is 0. The van der Waals surface area contributed by atoms with Gasteiger partial charge in [0.1, 0.15) is 0 Å². The van der Waals surface area contributed by atoms with Crippen LogP contribution in [0.2, 0.25) is 0 Å². The van der Waals surface area contributed by atoms with E-state index in [2.05, 4.69) is 0 Å². The van der Waals surface area contributed by atoms with Gasteiger partial charge in [0.05, 0.1) is 0 Å². The Hall–Kier alpha value is -0.960. The lowest BCUT2D eigenvalue weighted by molar-refractivity contribution is 0.138. The van der Waals surface area contributed by atoms with Crippen molar-refractivity contribution in [2.75, 3.05) is 6.54 Å². The molecule has 0 unspecified atom stereocenters. The topological polar surface area (TPSA) is 26.0 Å². The lowest BCUT2D eigenvalue weighted by Crippen LogP contribution is -2.00. The van der Waals surface area contributed by atoms with Gasteiger partial charge in [-0.05, 0) is 36.9 Å². The molecule has 1 nitrogen and oxygen atoms in total. The molecule has 84 valence electrons. The molecule has 3 heteroatoms. The van der Waals surface area contributed by atoms with Gasteiger partial charge in [0.15, 0.2) is 0 Å². The predicted molar refractivity (Wildman–Crippen MR) is 58.1 cm³/mol. The molecule has 0 aromatic heterocycles. The second-order valence-electron chi connectivity index (χ2n) is 3.64. The van der Waals surface area contributed by atoms with Crippen LogP contribution < -0.4 is 5.73 Å². The van der Waals surface area contributed by atoms with Gasteiger partial charge in [0, 0.05) is 6.42 Å². The van der Waals surface area contributed by atoms with Gasteiger partial charge in [0.2, 0.25) is 6.43 Å². The molecule has 0 saturated heterocycles. The maximum Gasteiger partial charge on any atom is 0.239 e. The molecule has 0 bridgehead atoms. The van der Waals surface area contributed by atoms with Gasteiger partial charge in [-0.15, -0.1) is 0 Å². The summed E-state index contributed by atoms with van der Waals surface area (Å²) < 4.78 is 23.9. The first kappa shape index (κ1) is 12.1.